The van der Waals surface area contributed by atoms with Crippen molar-refractivity contribution >= 4 is 23.4 Å². The van der Waals surface area contributed by atoms with Crippen LogP contribution in [-0.4, -0.2) is 23.3 Å². The second-order valence-electron chi connectivity index (χ2n) is 4.16. The van der Waals surface area contributed by atoms with Crippen LogP contribution in [0.15, 0.2) is 35.9 Å². The van der Waals surface area contributed by atoms with Gasteiger partial charge in [-0.3, -0.25) is 14.5 Å². The molecule has 3 nitrogen and oxygen atoms in total. The van der Waals surface area contributed by atoms with Gasteiger partial charge in [-0.15, -0.1) is 0 Å². The highest BCUT2D eigenvalue weighted by atomic mass is 35.5. The van der Waals surface area contributed by atoms with Crippen molar-refractivity contribution in [1.82, 2.24) is 4.90 Å². The predicted molar refractivity (Wildman–Crippen MR) is 70.7 cm³/mol. The van der Waals surface area contributed by atoms with E-state index in [9.17, 15) is 9.59 Å². The Kier molecular flexibility index (Phi) is 4.15. The van der Waals surface area contributed by atoms with E-state index in [2.05, 4.69) is 0 Å². The van der Waals surface area contributed by atoms with E-state index in [1.807, 2.05) is 6.08 Å². The highest BCUT2D eigenvalue weighted by Crippen LogP contribution is 2.22. The van der Waals surface area contributed by atoms with Crippen molar-refractivity contribution in [2.24, 2.45) is 0 Å². The molecule has 0 saturated carbocycles. The Hall–Kier alpha value is -1.61. The lowest BCUT2D eigenvalue weighted by molar-refractivity contribution is 0.0652. The minimum atomic E-state index is -0.177. The molecule has 0 saturated heterocycles. The molecule has 2 amide bonds. The zero-order valence-corrected chi connectivity index (χ0v) is 10.7. The van der Waals surface area contributed by atoms with Crippen LogP contribution in [0, 0.1) is 0 Å². The lowest BCUT2D eigenvalue weighted by atomic mass is 10.1. The molecule has 0 N–H and O–H groups in total. The van der Waals surface area contributed by atoms with E-state index < -0.39 is 0 Å². The van der Waals surface area contributed by atoms with Gasteiger partial charge in [0.25, 0.3) is 11.8 Å². The molecule has 0 fully saturated rings. The Morgan fingerprint density at radius 3 is 2.22 bits per heavy atom. The van der Waals surface area contributed by atoms with Crippen LogP contribution in [0.1, 0.15) is 40.0 Å². The molecule has 0 spiro atoms. The number of amides is 2. The molecule has 0 unspecified atom stereocenters. The molecule has 0 bridgehead atoms. The van der Waals surface area contributed by atoms with Crippen molar-refractivity contribution in [3.8, 4) is 0 Å². The molecule has 1 aromatic carbocycles. The highest BCUT2D eigenvalue weighted by Gasteiger charge is 2.34. The fourth-order valence-corrected chi connectivity index (χ4v) is 2.16. The molecular weight excluding hydrogens is 250 g/mol. The molecule has 94 valence electrons. The summed E-state index contributed by atoms with van der Waals surface area (Å²) in [6.07, 6.45) is 4.44. The van der Waals surface area contributed by atoms with Crippen LogP contribution in [0.5, 0.6) is 0 Å². The monoisotopic (exact) mass is 263 g/mol. The van der Waals surface area contributed by atoms with E-state index in [1.54, 1.807) is 24.3 Å². The molecule has 1 aliphatic heterocycles. The summed E-state index contributed by atoms with van der Waals surface area (Å²) < 4.78 is 0. The summed E-state index contributed by atoms with van der Waals surface area (Å²) in [5.41, 5.74) is 2.52. The lowest BCUT2D eigenvalue weighted by Crippen LogP contribution is -2.30. The Balaban J connectivity index is 1.96. The zero-order valence-electron chi connectivity index (χ0n) is 9.93. The number of hydrogen-bond donors (Lipinski definition) is 0. The maximum Gasteiger partial charge on any atom is 0.261 e. The van der Waals surface area contributed by atoms with E-state index in [1.165, 1.54) is 10.4 Å². The molecule has 1 heterocycles. The fraction of sp³-hybridized carbons (Fsp3) is 0.286. The number of hydrogen-bond acceptors (Lipinski definition) is 2. The molecule has 0 radical (unpaired) electrons. The minimum absolute atomic E-state index is 0.177. The van der Waals surface area contributed by atoms with Gasteiger partial charge in [-0.05, 0) is 31.4 Å². The zero-order chi connectivity index (χ0) is 13.0. The fourth-order valence-electron chi connectivity index (χ4n) is 2.04. The normalized spacial score (nSPS) is 14.6. The van der Waals surface area contributed by atoms with Crippen molar-refractivity contribution in [1.29, 1.82) is 0 Å². The first-order valence-electron chi connectivity index (χ1n) is 5.96. The van der Waals surface area contributed by atoms with Crippen LogP contribution in [-0.2, 0) is 0 Å². The van der Waals surface area contributed by atoms with E-state index >= 15 is 0 Å². The number of unbranched alkanes of at least 4 members (excludes halogenated alkanes) is 2. The summed E-state index contributed by atoms with van der Waals surface area (Å²) in [5, 5.41) is 0. The molecule has 2 rings (SSSR count). The van der Waals surface area contributed by atoms with Gasteiger partial charge in [0.05, 0.1) is 11.1 Å². The molecule has 4 heteroatoms. The number of nitrogens with zero attached hydrogens (tertiary/aromatic N) is 1. The summed E-state index contributed by atoms with van der Waals surface area (Å²) in [7, 11) is 0. The Bertz CT molecular complexity index is 461. The Labute approximate surface area is 111 Å². The predicted octanol–water partition coefficient (Wildman–Crippen LogP) is 3.21. The number of carbonyl (C=O) groups is 2. The van der Waals surface area contributed by atoms with Gasteiger partial charge in [-0.1, -0.05) is 29.8 Å². The number of imide groups is 1. The van der Waals surface area contributed by atoms with Crippen LogP contribution in [0.25, 0.3) is 0 Å². The molecule has 0 aliphatic carbocycles. The van der Waals surface area contributed by atoms with Crippen molar-refractivity contribution < 1.29 is 9.59 Å². The Morgan fingerprint density at radius 1 is 1.06 bits per heavy atom. The molecule has 0 aromatic heterocycles. The van der Waals surface area contributed by atoms with Gasteiger partial charge in [0.15, 0.2) is 0 Å². The smallest absolute Gasteiger partial charge is 0.261 e. The average molecular weight is 264 g/mol. The molecule has 1 aromatic rings. The average Bonchev–Trinajstić information content (AvgIpc) is 2.64. The van der Waals surface area contributed by atoms with Gasteiger partial charge >= 0.3 is 0 Å². The first-order valence-corrected chi connectivity index (χ1v) is 6.40. The lowest BCUT2D eigenvalue weighted by Gasteiger charge is -2.12. The maximum atomic E-state index is 12.0. The number of allylic oxidation sites excluding steroid dienone is 1. The van der Waals surface area contributed by atoms with Gasteiger partial charge in [-0.25, -0.2) is 0 Å². The molecular formula is C14H14ClNO2. The van der Waals surface area contributed by atoms with Gasteiger partial charge in [0.1, 0.15) is 0 Å². The summed E-state index contributed by atoms with van der Waals surface area (Å²) in [5.74, 6) is -0.355. The van der Waals surface area contributed by atoms with Crippen LogP contribution in [0.2, 0.25) is 0 Å². The van der Waals surface area contributed by atoms with Gasteiger partial charge in [-0.2, -0.15) is 0 Å². The first-order chi connectivity index (χ1) is 8.75. The quantitative estimate of drug-likeness (QED) is 0.604. The molecule has 1 aliphatic rings. The topological polar surface area (TPSA) is 37.4 Å². The number of halogens is 1. The van der Waals surface area contributed by atoms with Crippen LogP contribution < -0.4 is 0 Å². The third-order valence-electron chi connectivity index (χ3n) is 2.97. The summed E-state index contributed by atoms with van der Waals surface area (Å²) in [6, 6.07) is 6.95. The third-order valence-corrected chi connectivity index (χ3v) is 3.15. The summed E-state index contributed by atoms with van der Waals surface area (Å²) in [6.45, 7) is 0.475. The first kappa shape index (κ1) is 12.8. The second kappa shape index (κ2) is 5.83. The summed E-state index contributed by atoms with van der Waals surface area (Å²) >= 11 is 5.42. The standard InChI is InChI=1S/C14H14ClNO2/c15-9-5-1-2-6-10-16-13(17)11-7-3-4-8-12(11)14(16)18/h3-5,7-9H,1-2,6,10H2/b9-5-. The van der Waals surface area contributed by atoms with Crippen molar-refractivity contribution in [3.63, 3.8) is 0 Å². The van der Waals surface area contributed by atoms with Gasteiger partial charge in [0, 0.05) is 12.1 Å². The number of benzene rings is 1. The van der Waals surface area contributed by atoms with E-state index in [0.29, 0.717) is 17.7 Å². The van der Waals surface area contributed by atoms with Gasteiger partial charge < -0.3 is 0 Å². The van der Waals surface area contributed by atoms with E-state index in [-0.39, 0.29) is 11.8 Å². The maximum absolute atomic E-state index is 12.0. The highest BCUT2D eigenvalue weighted by molar-refractivity contribution is 6.25. The van der Waals surface area contributed by atoms with Crippen molar-refractivity contribution in [3.05, 3.63) is 47.0 Å². The number of rotatable bonds is 5. The van der Waals surface area contributed by atoms with Crippen LogP contribution in [0.3, 0.4) is 0 Å². The number of carbonyl (C=O) groups excluding carboxylic acids is 2. The largest absolute Gasteiger partial charge is 0.274 e. The molecule has 18 heavy (non-hydrogen) atoms. The summed E-state index contributed by atoms with van der Waals surface area (Å²) in [4.78, 5) is 25.3. The van der Waals surface area contributed by atoms with Crippen LogP contribution in [0.4, 0.5) is 0 Å². The van der Waals surface area contributed by atoms with Gasteiger partial charge in [0.2, 0.25) is 0 Å². The van der Waals surface area contributed by atoms with Crippen molar-refractivity contribution in [2.75, 3.05) is 6.54 Å². The Morgan fingerprint density at radius 2 is 1.67 bits per heavy atom. The third kappa shape index (κ3) is 2.46. The number of fused-ring (bicyclic) bond motifs is 1. The molecule has 0 atom stereocenters. The second-order valence-corrected chi connectivity index (χ2v) is 4.42. The minimum Gasteiger partial charge on any atom is -0.274 e. The van der Waals surface area contributed by atoms with Crippen molar-refractivity contribution in [2.45, 2.75) is 19.3 Å². The van der Waals surface area contributed by atoms with Crippen LogP contribution >= 0.6 is 11.6 Å². The SMILES string of the molecule is O=C1c2ccccc2C(=O)N1CCCC/C=C\Cl. The van der Waals surface area contributed by atoms with E-state index in [0.717, 1.165) is 19.3 Å². The van der Waals surface area contributed by atoms with E-state index in [4.69, 9.17) is 11.6 Å².